The van der Waals surface area contributed by atoms with Crippen LogP contribution in [0.1, 0.15) is 31.0 Å². The predicted molar refractivity (Wildman–Crippen MR) is 93.3 cm³/mol. The van der Waals surface area contributed by atoms with Gasteiger partial charge < -0.3 is 15.6 Å². The van der Waals surface area contributed by atoms with Gasteiger partial charge in [-0.3, -0.25) is 9.69 Å². The van der Waals surface area contributed by atoms with Crippen LogP contribution in [0, 0.1) is 0 Å². The van der Waals surface area contributed by atoms with Crippen LogP contribution in [0.15, 0.2) is 24.3 Å². The number of nitrogens with zero attached hydrogens (tertiary/aromatic N) is 2. The number of hydrogen-bond acceptors (Lipinski definition) is 3. The zero-order valence-corrected chi connectivity index (χ0v) is 14.0. The number of H-pyrrole nitrogens is 1. The van der Waals surface area contributed by atoms with Crippen molar-refractivity contribution >= 4 is 16.8 Å². The van der Waals surface area contributed by atoms with Gasteiger partial charge in [0.25, 0.3) is 0 Å². The van der Waals surface area contributed by atoms with E-state index < -0.39 is 0 Å². The maximum absolute atomic E-state index is 11.6. The van der Waals surface area contributed by atoms with Crippen LogP contribution < -0.4 is 5.73 Å². The van der Waals surface area contributed by atoms with E-state index in [1.807, 2.05) is 4.90 Å². The van der Waals surface area contributed by atoms with Crippen LogP contribution in [0.5, 0.6) is 0 Å². The van der Waals surface area contributed by atoms with E-state index >= 15 is 0 Å². The molecule has 5 nitrogen and oxygen atoms in total. The van der Waals surface area contributed by atoms with Crippen LogP contribution in [0.4, 0.5) is 0 Å². The average Bonchev–Trinajstić information content (AvgIpc) is 2.98. The van der Waals surface area contributed by atoms with Crippen molar-refractivity contribution in [1.29, 1.82) is 0 Å². The Balaban J connectivity index is 1.64. The first kappa shape index (κ1) is 16.0. The Morgan fingerprint density at radius 2 is 1.96 bits per heavy atom. The Morgan fingerprint density at radius 3 is 2.61 bits per heavy atom. The highest BCUT2D eigenvalue weighted by Crippen LogP contribution is 2.22. The molecule has 0 spiro atoms. The first-order valence-electron chi connectivity index (χ1n) is 8.38. The van der Waals surface area contributed by atoms with E-state index in [-0.39, 0.29) is 12.5 Å². The van der Waals surface area contributed by atoms with Crippen LogP contribution in [-0.2, 0) is 11.3 Å². The molecular formula is C18H26N4O. The van der Waals surface area contributed by atoms with Crippen LogP contribution in [-0.4, -0.2) is 53.4 Å². The molecule has 1 amide bonds. The van der Waals surface area contributed by atoms with Gasteiger partial charge in [-0.15, -0.1) is 0 Å². The molecule has 3 rings (SSSR count). The molecule has 3 N–H and O–H groups in total. The summed E-state index contributed by atoms with van der Waals surface area (Å²) in [4.78, 5) is 19.4. The molecule has 2 heterocycles. The molecule has 0 aliphatic carbocycles. The molecule has 0 saturated carbocycles. The third-order valence-corrected chi connectivity index (χ3v) is 4.63. The quantitative estimate of drug-likeness (QED) is 0.906. The summed E-state index contributed by atoms with van der Waals surface area (Å²) in [5.74, 6) is 0.568. The van der Waals surface area contributed by atoms with Crippen LogP contribution in [0.2, 0.25) is 0 Å². The SMILES string of the molecule is CC(C)c1cc2cc(CN3CCN(C(=O)CN)CC3)ccc2[nH]1. The number of fused-ring (bicyclic) bond motifs is 1. The highest BCUT2D eigenvalue weighted by atomic mass is 16.2. The zero-order valence-electron chi connectivity index (χ0n) is 14.0. The van der Waals surface area contributed by atoms with E-state index in [0.717, 1.165) is 32.7 Å². The van der Waals surface area contributed by atoms with Gasteiger partial charge in [0.2, 0.25) is 5.91 Å². The van der Waals surface area contributed by atoms with Crippen molar-refractivity contribution in [3.63, 3.8) is 0 Å². The fourth-order valence-electron chi connectivity index (χ4n) is 3.16. The molecule has 124 valence electrons. The minimum absolute atomic E-state index is 0.0552. The Morgan fingerprint density at radius 1 is 1.22 bits per heavy atom. The van der Waals surface area contributed by atoms with E-state index in [1.165, 1.54) is 22.2 Å². The van der Waals surface area contributed by atoms with Crippen molar-refractivity contribution in [2.45, 2.75) is 26.3 Å². The number of hydrogen-bond donors (Lipinski definition) is 2. The molecule has 1 aliphatic rings. The molecular weight excluding hydrogens is 288 g/mol. The topological polar surface area (TPSA) is 65.4 Å². The summed E-state index contributed by atoms with van der Waals surface area (Å²) in [5.41, 5.74) is 9.24. The van der Waals surface area contributed by atoms with Crippen molar-refractivity contribution in [2.24, 2.45) is 5.73 Å². The molecule has 1 fully saturated rings. The highest BCUT2D eigenvalue weighted by Gasteiger charge is 2.20. The normalized spacial score (nSPS) is 16.4. The van der Waals surface area contributed by atoms with E-state index in [2.05, 4.69) is 48.0 Å². The van der Waals surface area contributed by atoms with Gasteiger partial charge in [-0.05, 0) is 35.1 Å². The standard InChI is InChI=1S/C18H26N4O/c1-13(2)17-10-15-9-14(3-4-16(15)20-17)12-21-5-7-22(8-6-21)18(23)11-19/h3-4,9-10,13,20H,5-8,11-12,19H2,1-2H3. The highest BCUT2D eigenvalue weighted by molar-refractivity contribution is 5.81. The lowest BCUT2D eigenvalue weighted by Gasteiger charge is -2.34. The first-order chi connectivity index (χ1) is 11.1. The number of aromatic amines is 1. The van der Waals surface area contributed by atoms with Gasteiger partial charge >= 0.3 is 0 Å². The minimum atomic E-state index is 0.0552. The Hall–Kier alpha value is -1.85. The number of benzene rings is 1. The molecule has 0 radical (unpaired) electrons. The summed E-state index contributed by atoms with van der Waals surface area (Å²) in [7, 11) is 0. The summed E-state index contributed by atoms with van der Waals surface area (Å²) < 4.78 is 0. The Bertz CT molecular complexity index is 683. The molecule has 0 bridgehead atoms. The fraction of sp³-hybridized carbons (Fsp3) is 0.500. The molecule has 23 heavy (non-hydrogen) atoms. The fourth-order valence-corrected chi connectivity index (χ4v) is 3.16. The maximum Gasteiger partial charge on any atom is 0.236 e. The number of carbonyl (C=O) groups is 1. The van der Waals surface area contributed by atoms with Gasteiger partial charge in [0.15, 0.2) is 0 Å². The Labute approximate surface area is 137 Å². The van der Waals surface area contributed by atoms with Crippen molar-refractivity contribution in [3.8, 4) is 0 Å². The molecule has 1 aliphatic heterocycles. The van der Waals surface area contributed by atoms with Gasteiger partial charge in [0.05, 0.1) is 6.54 Å². The van der Waals surface area contributed by atoms with Crippen LogP contribution >= 0.6 is 0 Å². The van der Waals surface area contributed by atoms with Crippen molar-refractivity contribution in [2.75, 3.05) is 32.7 Å². The molecule has 5 heteroatoms. The molecule has 0 atom stereocenters. The van der Waals surface area contributed by atoms with Gasteiger partial charge in [-0.2, -0.15) is 0 Å². The number of aromatic nitrogens is 1. The number of nitrogens with one attached hydrogen (secondary N) is 1. The second-order valence-electron chi connectivity index (χ2n) is 6.66. The summed E-state index contributed by atoms with van der Waals surface area (Å²) in [6.45, 7) is 8.83. The maximum atomic E-state index is 11.6. The van der Waals surface area contributed by atoms with Crippen molar-refractivity contribution in [1.82, 2.24) is 14.8 Å². The van der Waals surface area contributed by atoms with Gasteiger partial charge in [0.1, 0.15) is 0 Å². The summed E-state index contributed by atoms with van der Waals surface area (Å²) in [5, 5.41) is 1.28. The van der Waals surface area contributed by atoms with Gasteiger partial charge in [0, 0.05) is 43.9 Å². The van der Waals surface area contributed by atoms with Gasteiger partial charge in [-0.1, -0.05) is 19.9 Å². The molecule has 1 saturated heterocycles. The predicted octanol–water partition coefficient (Wildman–Crippen LogP) is 1.89. The second-order valence-corrected chi connectivity index (χ2v) is 6.66. The summed E-state index contributed by atoms with van der Waals surface area (Å²) in [6.07, 6.45) is 0. The molecule has 2 aromatic rings. The number of carbonyl (C=O) groups excluding carboxylic acids is 1. The Kier molecular flexibility index (Phi) is 4.68. The van der Waals surface area contributed by atoms with Crippen LogP contribution in [0.3, 0.4) is 0 Å². The number of amides is 1. The third-order valence-electron chi connectivity index (χ3n) is 4.63. The van der Waals surface area contributed by atoms with Crippen molar-refractivity contribution < 1.29 is 4.79 Å². The molecule has 1 aromatic carbocycles. The van der Waals surface area contributed by atoms with E-state index in [4.69, 9.17) is 5.73 Å². The minimum Gasteiger partial charge on any atom is -0.358 e. The van der Waals surface area contributed by atoms with E-state index in [0.29, 0.717) is 5.92 Å². The van der Waals surface area contributed by atoms with E-state index in [9.17, 15) is 4.79 Å². The zero-order chi connectivity index (χ0) is 16.4. The first-order valence-corrected chi connectivity index (χ1v) is 8.38. The molecule has 1 aromatic heterocycles. The summed E-state index contributed by atoms with van der Waals surface area (Å²) in [6, 6.07) is 8.89. The lowest BCUT2D eigenvalue weighted by molar-refractivity contribution is -0.131. The summed E-state index contributed by atoms with van der Waals surface area (Å²) >= 11 is 0. The average molecular weight is 314 g/mol. The molecule has 0 unspecified atom stereocenters. The van der Waals surface area contributed by atoms with Crippen LogP contribution in [0.25, 0.3) is 10.9 Å². The third kappa shape index (κ3) is 3.57. The van der Waals surface area contributed by atoms with Gasteiger partial charge in [-0.25, -0.2) is 0 Å². The largest absolute Gasteiger partial charge is 0.358 e. The lowest BCUT2D eigenvalue weighted by atomic mass is 10.1. The number of piperazine rings is 1. The monoisotopic (exact) mass is 314 g/mol. The second kappa shape index (κ2) is 6.72. The van der Waals surface area contributed by atoms with E-state index in [1.54, 1.807) is 0 Å². The number of nitrogens with two attached hydrogens (primary N) is 1. The van der Waals surface area contributed by atoms with Crippen molar-refractivity contribution in [3.05, 3.63) is 35.5 Å². The lowest BCUT2D eigenvalue weighted by Crippen LogP contribution is -2.49. The smallest absolute Gasteiger partial charge is 0.236 e. The number of rotatable bonds is 4.